The van der Waals surface area contributed by atoms with E-state index in [-0.39, 0.29) is 11.7 Å². The average molecular weight is 287 g/mol. The monoisotopic (exact) mass is 287 g/mol. The smallest absolute Gasteiger partial charge is 0.255 e. The maximum Gasteiger partial charge on any atom is 0.255 e. The summed E-state index contributed by atoms with van der Waals surface area (Å²) in [6, 6.07) is 15.2. The highest BCUT2D eigenvalue weighted by atomic mass is 19.1. The fraction of sp³-hybridized carbons (Fsp3) is 0.188. The van der Waals surface area contributed by atoms with Gasteiger partial charge in [0.1, 0.15) is 11.9 Å². The van der Waals surface area contributed by atoms with Crippen LogP contribution in [0, 0.1) is 5.82 Å². The molecule has 1 unspecified atom stereocenters. The largest absolute Gasteiger partial charge is 0.293 e. The van der Waals surface area contributed by atoms with Crippen molar-refractivity contribution in [3.05, 3.63) is 71.5 Å². The van der Waals surface area contributed by atoms with Crippen LogP contribution in [0.15, 0.2) is 54.6 Å². The van der Waals surface area contributed by atoms with Crippen LogP contribution < -0.4 is 11.3 Å². The first-order chi connectivity index (χ1) is 10.1. The number of hydrogen-bond acceptors (Lipinski definition) is 3. The van der Waals surface area contributed by atoms with E-state index in [9.17, 15) is 9.18 Å². The molecule has 2 rings (SSSR count). The Hall–Kier alpha value is -2.24. The molecule has 0 aliphatic carbocycles. The van der Waals surface area contributed by atoms with Gasteiger partial charge in [-0.25, -0.2) is 10.2 Å². The highest BCUT2D eigenvalue weighted by molar-refractivity contribution is 5.82. The number of benzene rings is 2. The minimum Gasteiger partial charge on any atom is -0.293 e. The summed E-state index contributed by atoms with van der Waals surface area (Å²) in [5.41, 5.74) is 3.51. The van der Waals surface area contributed by atoms with Gasteiger partial charge in [0.25, 0.3) is 5.91 Å². The van der Waals surface area contributed by atoms with Crippen LogP contribution in [0.2, 0.25) is 0 Å². The van der Waals surface area contributed by atoms with Crippen molar-refractivity contribution in [1.29, 1.82) is 0 Å². The van der Waals surface area contributed by atoms with E-state index in [0.29, 0.717) is 12.1 Å². The van der Waals surface area contributed by atoms with Crippen LogP contribution >= 0.6 is 0 Å². The van der Waals surface area contributed by atoms with Crippen LogP contribution in [0.4, 0.5) is 4.39 Å². The number of likely N-dealkylation sites (N-methyl/N-ethyl adjacent to an activating group) is 1. The van der Waals surface area contributed by atoms with E-state index in [1.54, 1.807) is 30.1 Å². The van der Waals surface area contributed by atoms with Crippen molar-refractivity contribution in [2.75, 3.05) is 7.05 Å². The molecule has 0 spiro atoms. The standard InChI is InChI=1S/C16H18FN3O/c1-20(11-13-9-5-6-10-14(13)17)15(16(21)19-18)12-7-3-2-4-8-12/h2-10,15H,11,18H2,1H3,(H,19,21). The first-order valence-electron chi connectivity index (χ1n) is 6.62. The summed E-state index contributed by atoms with van der Waals surface area (Å²) in [4.78, 5) is 13.8. The van der Waals surface area contributed by atoms with Gasteiger partial charge in [0.05, 0.1) is 0 Å². The molecule has 21 heavy (non-hydrogen) atoms. The molecule has 0 fully saturated rings. The fourth-order valence-corrected chi connectivity index (χ4v) is 2.31. The van der Waals surface area contributed by atoms with Gasteiger partial charge in [0.15, 0.2) is 0 Å². The lowest BCUT2D eigenvalue weighted by molar-refractivity contribution is -0.126. The maximum absolute atomic E-state index is 13.7. The molecule has 110 valence electrons. The van der Waals surface area contributed by atoms with Gasteiger partial charge in [0, 0.05) is 12.1 Å². The molecule has 0 saturated heterocycles. The van der Waals surface area contributed by atoms with Gasteiger partial charge in [-0.3, -0.25) is 15.1 Å². The molecule has 5 heteroatoms. The van der Waals surface area contributed by atoms with Crippen molar-refractivity contribution in [2.24, 2.45) is 5.84 Å². The van der Waals surface area contributed by atoms with Crippen molar-refractivity contribution >= 4 is 5.91 Å². The Bertz CT molecular complexity index is 603. The molecule has 0 bridgehead atoms. The summed E-state index contributed by atoms with van der Waals surface area (Å²) in [7, 11) is 1.76. The van der Waals surface area contributed by atoms with Gasteiger partial charge in [-0.05, 0) is 18.7 Å². The summed E-state index contributed by atoms with van der Waals surface area (Å²) in [6.45, 7) is 0.305. The Morgan fingerprint density at radius 3 is 2.43 bits per heavy atom. The zero-order valence-corrected chi connectivity index (χ0v) is 11.8. The molecule has 4 nitrogen and oxygen atoms in total. The maximum atomic E-state index is 13.7. The molecular weight excluding hydrogens is 269 g/mol. The minimum absolute atomic E-state index is 0.288. The van der Waals surface area contributed by atoms with E-state index >= 15 is 0 Å². The second-order valence-corrected chi connectivity index (χ2v) is 4.83. The first kappa shape index (κ1) is 15.2. The van der Waals surface area contributed by atoms with Gasteiger partial charge in [-0.15, -0.1) is 0 Å². The third kappa shape index (κ3) is 3.65. The fourth-order valence-electron chi connectivity index (χ4n) is 2.31. The van der Waals surface area contributed by atoms with Crippen molar-refractivity contribution in [3.8, 4) is 0 Å². The Kier molecular flexibility index (Phi) is 5.03. The predicted molar refractivity (Wildman–Crippen MR) is 79.4 cm³/mol. The van der Waals surface area contributed by atoms with Crippen LogP contribution in [0.25, 0.3) is 0 Å². The molecule has 0 radical (unpaired) electrons. The number of halogens is 1. The lowest BCUT2D eigenvalue weighted by Gasteiger charge is -2.27. The van der Waals surface area contributed by atoms with Gasteiger partial charge < -0.3 is 0 Å². The summed E-state index contributed by atoms with van der Waals surface area (Å²) in [5.74, 6) is 4.65. The zero-order chi connectivity index (χ0) is 15.2. The normalized spacial score (nSPS) is 12.2. The van der Waals surface area contributed by atoms with Crippen LogP contribution in [0.1, 0.15) is 17.2 Å². The van der Waals surface area contributed by atoms with E-state index in [2.05, 4.69) is 5.43 Å². The highest BCUT2D eigenvalue weighted by Crippen LogP contribution is 2.22. The average Bonchev–Trinajstić information content (AvgIpc) is 2.50. The van der Waals surface area contributed by atoms with Crippen molar-refractivity contribution in [3.63, 3.8) is 0 Å². The summed E-state index contributed by atoms with van der Waals surface area (Å²) >= 11 is 0. The number of rotatable bonds is 5. The van der Waals surface area contributed by atoms with E-state index in [1.807, 2.05) is 30.3 Å². The Balaban J connectivity index is 2.25. The molecule has 0 aromatic heterocycles. The van der Waals surface area contributed by atoms with Crippen LogP contribution in [0.3, 0.4) is 0 Å². The zero-order valence-electron chi connectivity index (χ0n) is 11.8. The molecule has 0 saturated carbocycles. The number of hydrogen-bond donors (Lipinski definition) is 2. The van der Waals surface area contributed by atoms with Gasteiger partial charge in [-0.1, -0.05) is 48.5 Å². The Labute approximate surface area is 123 Å². The highest BCUT2D eigenvalue weighted by Gasteiger charge is 2.24. The van der Waals surface area contributed by atoms with Crippen LogP contribution in [-0.2, 0) is 11.3 Å². The SMILES string of the molecule is CN(Cc1ccccc1F)C(C(=O)NN)c1ccccc1. The molecule has 0 aliphatic rings. The second-order valence-electron chi connectivity index (χ2n) is 4.83. The number of nitrogens with two attached hydrogens (primary N) is 1. The van der Waals surface area contributed by atoms with Gasteiger partial charge in [0.2, 0.25) is 0 Å². The Morgan fingerprint density at radius 2 is 1.81 bits per heavy atom. The lowest BCUT2D eigenvalue weighted by Crippen LogP contribution is -2.41. The first-order valence-corrected chi connectivity index (χ1v) is 6.62. The summed E-state index contributed by atoms with van der Waals surface area (Å²) < 4.78 is 13.7. The number of carbonyl (C=O) groups excluding carboxylic acids is 1. The number of nitrogens with one attached hydrogen (secondary N) is 1. The lowest BCUT2D eigenvalue weighted by atomic mass is 10.0. The third-order valence-electron chi connectivity index (χ3n) is 3.32. The quantitative estimate of drug-likeness (QED) is 0.502. The van der Waals surface area contributed by atoms with E-state index in [1.165, 1.54) is 6.07 Å². The molecule has 2 aromatic rings. The van der Waals surface area contributed by atoms with Crippen molar-refractivity contribution in [1.82, 2.24) is 10.3 Å². The third-order valence-corrected chi connectivity index (χ3v) is 3.32. The van der Waals surface area contributed by atoms with Gasteiger partial charge in [-0.2, -0.15) is 0 Å². The number of amides is 1. The molecule has 1 amide bonds. The van der Waals surface area contributed by atoms with E-state index in [0.717, 1.165) is 5.56 Å². The molecule has 0 heterocycles. The Morgan fingerprint density at radius 1 is 1.19 bits per heavy atom. The predicted octanol–water partition coefficient (Wildman–Crippen LogP) is 1.99. The van der Waals surface area contributed by atoms with Crippen molar-refractivity contribution in [2.45, 2.75) is 12.6 Å². The van der Waals surface area contributed by atoms with Gasteiger partial charge >= 0.3 is 0 Å². The minimum atomic E-state index is -0.573. The molecule has 2 aromatic carbocycles. The topological polar surface area (TPSA) is 58.4 Å². The molecular formula is C16H18FN3O. The summed E-state index contributed by atoms with van der Waals surface area (Å²) in [5, 5.41) is 0. The van der Waals surface area contributed by atoms with Crippen LogP contribution in [0.5, 0.6) is 0 Å². The second kappa shape index (κ2) is 6.97. The molecule has 0 aliphatic heterocycles. The van der Waals surface area contributed by atoms with E-state index < -0.39 is 6.04 Å². The molecule has 1 atom stereocenters. The number of carbonyl (C=O) groups is 1. The number of hydrazine groups is 1. The summed E-state index contributed by atoms with van der Waals surface area (Å²) in [6.07, 6.45) is 0. The molecule has 3 N–H and O–H groups in total. The number of nitrogens with zero attached hydrogens (tertiary/aromatic N) is 1. The van der Waals surface area contributed by atoms with Crippen LogP contribution in [-0.4, -0.2) is 17.9 Å². The van der Waals surface area contributed by atoms with Crippen molar-refractivity contribution < 1.29 is 9.18 Å². The van der Waals surface area contributed by atoms with E-state index in [4.69, 9.17) is 5.84 Å².